The molecule has 1 aromatic carbocycles. The van der Waals surface area contributed by atoms with Gasteiger partial charge in [0.15, 0.2) is 0 Å². The van der Waals surface area contributed by atoms with Gasteiger partial charge in [-0.1, -0.05) is 76.5 Å². The number of carboxylic acids is 1. The standard InChI is InChI=1S/C24H36N4O5S/c1-3-4-5-6-7-8-9-10-11-12-15-33-21-14-13-19(32-2)16-20(21)22(18-29)34-24-25-26-27-28(24)17-23(30)31/h13-14,16,18,22H,3-12,15,17H2,1-2H3,(H,30,31). The highest BCUT2D eigenvalue weighted by molar-refractivity contribution is 8.00. The van der Waals surface area contributed by atoms with Gasteiger partial charge in [0.05, 0.1) is 19.0 Å². The Balaban J connectivity index is 1.89. The van der Waals surface area contributed by atoms with Crippen LogP contribution in [0.4, 0.5) is 0 Å². The molecule has 10 heteroatoms. The van der Waals surface area contributed by atoms with Crippen LogP contribution < -0.4 is 9.47 Å². The lowest BCUT2D eigenvalue weighted by Gasteiger charge is -2.17. The van der Waals surface area contributed by atoms with Crippen LogP contribution >= 0.6 is 11.8 Å². The van der Waals surface area contributed by atoms with Gasteiger partial charge in [-0.15, -0.1) is 5.10 Å². The minimum atomic E-state index is -1.07. The molecule has 0 bridgehead atoms. The van der Waals surface area contributed by atoms with E-state index in [4.69, 9.17) is 14.6 Å². The highest BCUT2D eigenvalue weighted by Gasteiger charge is 2.22. The summed E-state index contributed by atoms with van der Waals surface area (Å²) in [6.45, 7) is 2.41. The first-order valence-electron chi connectivity index (χ1n) is 12.0. The third-order valence-electron chi connectivity index (χ3n) is 5.42. The van der Waals surface area contributed by atoms with Crippen LogP contribution in [-0.4, -0.2) is 51.3 Å². The predicted octanol–water partition coefficient (Wildman–Crippen LogP) is 5.10. The van der Waals surface area contributed by atoms with Gasteiger partial charge in [-0.2, -0.15) is 0 Å². The van der Waals surface area contributed by atoms with E-state index >= 15 is 0 Å². The topological polar surface area (TPSA) is 116 Å². The van der Waals surface area contributed by atoms with Crippen LogP contribution in [0.15, 0.2) is 23.4 Å². The lowest BCUT2D eigenvalue weighted by Crippen LogP contribution is -2.12. The SMILES string of the molecule is CCCCCCCCCCCCOc1ccc(OC)cc1C(C=O)Sc1nnnn1CC(=O)O. The average molecular weight is 493 g/mol. The average Bonchev–Trinajstić information content (AvgIpc) is 3.26. The Hall–Kier alpha value is -2.62. The van der Waals surface area contributed by atoms with Crippen LogP contribution in [0.3, 0.4) is 0 Å². The molecule has 0 aliphatic carbocycles. The van der Waals surface area contributed by atoms with Crippen molar-refractivity contribution >= 4 is 24.0 Å². The van der Waals surface area contributed by atoms with E-state index < -0.39 is 11.2 Å². The molecule has 0 radical (unpaired) electrons. The Bertz CT molecular complexity index is 877. The number of ether oxygens (including phenoxy) is 2. The number of tetrazole rings is 1. The molecule has 0 saturated heterocycles. The van der Waals surface area contributed by atoms with Crippen LogP contribution in [0.25, 0.3) is 0 Å². The number of hydrogen-bond acceptors (Lipinski definition) is 8. The van der Waals surface area contributed by atoms with E-state index in [2.05, 4.69) is 22.4 Å². The van der Waals surface area contributed by atoms with Crippen molar-refractivity contribution in [2.24, 2.45) is 0 Å². The Morgan fingerprint density at radius 1 is 1.12 bits per heavy atom. The van der Waals surface area contributed by atoms with Crippen molar-refractivity contribution < 1.29 is 24.2 Å². The third-order valence-corrected chi connectivity index (χ3v) is 6.54. The molecule has 9 nitrogen and oxygen atoms in total. The molecule has 1 unspecified atom stereocenters. The normalized spacial score (nSPS) is 11.8. The second-order valence-electron chi connectivity index (χ2n) is 8.12. The number of aromatic nitrogens is 4. The van der Waals surface area contributed by atoms with Crippen molar-refractivity contribution in [2.75, 3.05) is 13.7 Å². The molecule has 1 aromatic heterocycles. The number of benzene rings is 1. The minimum absolute atomic E-state index is 0.239. The zero-order valence-electron chi connectivity index (χ0n) is 20.1. The van der Waals surface area contributed by atoms with Gasteiger partial charge in [-0.05, 0) is 35.0 Å². The first-order chi connectivity index (χ1) is 16.6. The predicted molar refractivity (Wildman–Crippen MR) is 130 cm³/mol. The largest absolute Gasteiger partial charge is 0.497 e. The van der Waals surface area contributed by atoms with E-state index in [0.29, 0.717) is 23.7 Å². The van der Waals surface area contributed by atoms with Gasteiger partial charge in [-0.3, -0.25) is 4.79 Å². The molecule has 2 rings (SSSR count). The number of carbonyl (C=O) groups excluding carboxylic acids is 1. The summed E-state index contributed by atoms with van der Waals surface area (Å²) in [7, 11) is 1.56. The molecule has 0 fully saturated rings. The molecule has 1 atom stereocenters. The number of rotatable bonds is 19. The summed E-state index contributed by atoms with van der Waals surface area (Å²) < 4.78 is 12.5. The summed E-state index contributed by atoms with van der Waals surface area (Å²) in [6, 6.07) is 5.34. The molecule has 0 saturated carbocycles. The summed E-state index contributed by atoms with van der Waals surface area (Å²) in [5.74, 6) is 0.121. The highest BCUT2D eigenvalue weighted by atomic mass is 32.2. The Morgan fingerprint density at radius 2 is 1.79 bits per heavy atom. The van der Waals surface area contributed by atoms with Crippen LogP contribution in [0.2, 0.25) is 0 Å². The molecule has 34 heavy (non-hydrogen) atoms. The van der Waals surface area contributed by atoms with Gasteiger partial charge in [0, 0.05) is 5.56 Å². The van der Waals surface area contributed by atoms with E-state index in [1.165, 1.54) is 51.4 Å². The molecule has 188 valence electrons. The molecule has 0 spiro atoms. The number of unbranched alkanes of at least 4 members (excludes halogenated alkanes) is 9. The maximum Gasteiger partial charge on any atom is 0.325 e. The summed E-state index contributed by atoms with van der Waals surface area (Å²) in [5, 5.41) is 19.7. The lowest BCUT2D eigenvalue weighted by molar-refractivity contribution is -0.138. The van der Waals surface area contributed by atoms with Gasteiger partial charge in [0.1, 0.15) is 24.3 Å². The number of hydrogen-bond donors (Lipinski definition) is 1. The lowest BCUT2D eigenvalue weighted by atomic mass is 10.1. The van der Waals surface area contributed by atoms with Crippen molar-refractivity contribution in [3.63, 3.8) is 0 Å². The fraction of sp³-hybridized carbons (Fsp3) is 0.625. The number of aldehydes is 1. The molecule has 0 amide bonds. The number of thioether (sulfide) groups is 1. The zero-order valence-corrected chi connectivity index (χ0v) is 21.0. The van der Waals surface area contributed by atoms with Gasteiger partial charge in [0.25, 0.3) is 0 Å². The van der Waals surface area contributed by atoms with E-state index in [9.17, 15) is 9.59 Å². The summed E-state index contributed by atoms with van der Waals surface area (Å²) >= 11 is 1.07. The van der Waals surface area contributed by atoms with Crippen LogP contribution in [-0.2, 0) is 16.1 Å². The number of carboxylic acid groups (broad SMARTS) is 1. The van der Waals surface area contributed by atoms with Gasteiger partial charge in [-0.25, -0.2) is 4.68 Å². The van der Waals surface area contributed by atoms with Gasteiger partial charge >= 0.3 is 5.97 Å². The maximum atomic E-state index is 12.0. The summed E-state index contributed by atoms with van der Waals surface area (Å²) in [4.78, 5) is 23.0. The molecule has 2 aromatic rings. The second kappa shape index (κ2) is 16.1. The van der Waals surface area contributed by atoms with E-state index in [0.717, 1.165) is 35.6 Å². The Kier molecular flexibility index (Phi) is 13.1. The molecule has 0 aliphatic rings. The number of carbonyl (C=O) groups is 2. The molecular weight excluding hydrogens is 456 g/mol. The smallest absolute Gasteiger partial charge is 0.325 e. The molecule has 1 N–H and O–H groups in total. The number of methoxy groups -OCH3 is 1. The minimum Gasteiger partial charge on any atom is -0.497 e. The molecule has 1 heterocycles. The van der Waals surface area contributed by atoms with E-state index in [1.807, 2.05) is 0 Å². The van der Waals surface area contributed by atoms with Crippen molar-refractivity contribution in [2.45, 2.75) is 88.1 Å². The Labute approximate surface area is 205 Å². The van der Waals surface area contributed by atoms with Crippen molar-refractivity contribution in [3.8, 4) is 11.5 Å². The molecule has 0 aliphatic heterocycles. The Morgan fingerprint density at radius 3 is 2.41 bits per heavy atom. The van der Waals surface area contributed by atoms with Crippen molar-refractivity contribution in [1.29, 1.82) is 0 Å². The fourth-order valence-electron chi connectivity index (χ4n) is 3.57. The number of nitrogens with zero attached hydrogens (tertiary/aromatic N) is 4. The first-order valence-corrected chi connectivity index (χ1v) is 12.9. The monoisotopic (exact) mass is 492 g/mol. The zero-order chi connectivity index (χ0) is 24.6. The van der Waals surface area contributed by atoms with Gasteiger partial charge in [0.2, 0.25) is 5.16 Å². The first kappa shape index (κ1) is 27.6. The summed E-state index contributed by atoms with van der Waals surface area (Å²) in [6.07, 6.45) is 13.2. The van der Waals surface area contributed by atoms with Crippen molar-refractivity contribution in [1.82, 2.24) is 20.2 Å². The quantitative estimate of drug-likeness (QED) is 0.162. The van der Waals surface area contributed by atoms with E-state index in [1.54, 1.807) is 25.3 Å². The van der Waals surface area contributed by atoms with Gasteiger partial charge < -0.3 is 19.4 Å². The van der Waals surface area contributed by atoms with E-state index in [-0.39, 0.29) is 11.7 Å². The highest BCUT2D eigenvalue weighted by Crippen LogP contribution is 2.39. The summed E-state index contributed by atoms with van der Waals surface area (Å²) in [5.41, 5.74) is 0.635. The fourth-order valence-corrected chi connectivity index (χ4v) is 4.47. The van der Waals surface area contributed by atoms with Crippen molar-refractivity contribution in [3.05, 3.63) is 23.8 Å². The maximum absolute atomic E-state index is 12.0. The molecular formula is C24H36N4O5S. The third kappa shape index (κ3) is 9.70. The van der Waals surface area contributed by atoms with Crippen LogP contribution in [0.1, 0.15) is 81.9 Å². The number of aliphatic carboxylic acids is 1. The van der Waals surface area contributed by atoms with Crippen LogP contribution in [0.5, 0.6) is 11.5 Å². The van der Waals surface area contributed by atoms with Crippen LogP contribution in [0, 0.1) is 0 Å². The second-order valence-corrected chi connectivity index (χ2v) is 9.23.